The van der Waals surface area contributed by atoms with E-state index in [2.05, 4.69) is 14.3 Å². The minimum Gasteiger partial charge on any atom is -0.347 e. The van der Waals surface area contributed by atoms with E-state index in [4.69, 9.17) is 0 Å². The predicted molar refractivity (Wildman–Crippen MR) is 43.1 cm³/mol. The van der Waals surface area contributed by atoms with Gasteiger partial charge in [0.1, 0.15) is 0 Å². The second-order valence-corrected chi connectivity index (χ2v) is 5.12. The van der Waals surface area contributed by atoms with Crippen LogP contribution in [0.2, 0.25) is 0 Å². The molecule has 0 saturated carbocycles. The summed E-state index contributed by atoms with van der Waals surface area (Å²) in [6.07, 6.45) is 2.88. The molecular weight excluding hydrogens is 178 g/mol. The number of hydrogen-bond donors (Lipinski definition) is 1. The number of hydrogen-bond acceptors (Lipinski definition) is 3. The molecule has 0 fully saturated rings. The smallest absolute Gasteiger partial charge is 0.305 e. The molecule has 5 nitrogen and oxygen atoms in total. The second kappa shape index (κ2) is 2.16. The van der Waals surface area contributed by atoms with Gasteiger partial charge in [-0.2, -0.15) is 4.36 Å². The minimum absolute atomic E-state index is 0.286. The lowest BCUT2D eigenvalue weighted by molar-refractivity contribution is 0.0998. The van der Waals surface area contributed by atoms with Crippen LogP contribution in [-0.2, 0) is 15.5 Å². The summed E-state index contributed by atoms with van der Waals surface area (Å²) in [5.74, 6) is -0.196. The zero-order valence-corrected chi connectivity index (χ0v) is 7.22. The molecule has 2 heterocycles. The highest BCUT2D eigenvalue weighted by atomic mass is 32.2. The summed E-state index contributed by atoms with van der Waals surface area (Å²) in [5, 5.41) is 0. The summed E-state index contributed by atoms with van der Waals surface area (Å²) in [6, 6.07) is 0. The third-order valence-corrected chi connectivity index (χ3v) is 2.99. The van der Waals surface area contributed by atoms with E-state index in [0.717, 1.165) is 0 Å². The van der Waals surface area contributed by atoms with Gasteiger partial charge in [0.15, 0.2) is 5.69 Å². The molecule has 1 unspecified atom stereocenters. The van der Waals surface area contributed by atoms with Crippen molar-refractivity contribution in [1.29, 1.82) is 0 Å². The van der Waals surface area contributed by atoms with E-state index in [1.807, 2.05) is 0 Å². The molecule has 0 radical (unpaired) electrons. The third kappa shape index (κ3) is 1.04. The van der Waals surface area contributed by atoms with E-state index in [0.29, 0.717) is 11.4 Å². The maximum atomic E-state index is 11.4. The van der Waals surface area contributed by atoms with Gasteiger partial charge < -0.3 is 4.98 Å². The van der Waals surface area contributed by atoms with Gasteiger partial charge in [-0.3, -0.25) is 4.79 Å². The largest absolute Gasteiger partial charge is 0.347 e. The molecule has 1 atom stereocenters. The Hall–Kier alpha value is -1.17. The molecule has 0 saturated heterocycles. The van der Waals surface area contributed by atoms with Crippen LogP contribution in [0.25, 0.3) is 0 Å². The third-order valence-electron chi connectivity index (χ3n) is 1.61. The van der Waals surface area contributed by atoms with E-state index in [9.17, 15) is 9.00 Å². The Bertz CT molecular complexity index is 453. The zero-order valence-electron chi connectivity index (χ0n) is 6.40. The van der Waals surface area contributed by atoms with Crippen molar-refractivity contribution in [3.8, 4) is 0 Å². The summed E-state index contributed by atoms with van der Waals surface area (Å²) in [6.45, 7) is 0. The van der Waals surface area contributed by atoms with Gasteiger partial charge in [0.05, 0.1) is 27.5 Å². The highest BCUT2D eigenvalue weighted by molar-refractivity contribution is 7.92. The molecule has 0 aliphatic carbocycles. The molecule has 0 spiro atoms. The molecule has 1 N–H and O–H groups in total. The Balaban J connectivity index is 2.65. The van der Waals surface area contributed by atoms with Gasteiger partial charge in [-0.05, 0) is 0 Å². The molecular formula is C6H7N3O2S. The molecule has 64 valence electrons. The SMILES string of the molecule is CS1(=O)=NC(=O)c2nc[nH]c2C1. The number of amides is 1. The summed E-state index contributed by atoms with van der Waals surface area (Å²) in [7, 11) is -2.36. The lowest BCUT2D eigenvalue weighted by Crippen LogP contribution is -2.14. The van der Waals surface area contributed by atoms with Gasteiger partial charge in [-0.15, -0.1) is 0 Å². The number of aromatic amines is 1. The number of rotatable bonds is 0. The summed E-state index contributed by atoms with van der Waals surface area (Å²) in [5.41, 5.74) is 0.929. The number of H-pyrrole nitrogens is 1. The summed E-state index contributed by atoms with van der Waals surface area (Å²) >= 11 is 0. The van der Waals surface area contributed by atoms with Crippen molar-refractivity contribution in [2.75, 3.05) is 6.26 Å². The Morgan fingerprint density at radius 3 is 3.17 bits per heavy atom. The predicted octanol–water partition coefficient (Wildman–Crippen LogP) is 0.161. The van der Waals surface area contributed by atoms with E-state index in [1.165, 1.54) is 12.6 Å². The molecule has 0 aromatic carbocycles. The Morgan fingerprint density at radius 2 is 2.42 bits per heavy atom. The van der Waals surface area contributed by atoms with Crippen LogP contribution in [0.15, 0.2) is 10.7 Å². The van der Waals surface area contributed by atoms with Crippen molar-refractivity contribution in [2.24, 2.45) is 4.36 Å². The first-order chi connectivity index (χ1) is 5.58. The number of fused-ring (bicyclic) bond motifs is 1. The van der Waals surface area contributed by atoms with Gasteiger partial charge in [-0.1, -0.05) is 0 Å². The quantitative estimate of drug-likeness (QED) is 0.625. The molecule has 1 aliphatic rings. The highest BCUT2D eigenvalue weighted by Crippen LogP contribution is 2.16. The van der Waals surface area contributed by atoms with Crippen molar-refractivity contribution < 1.29 is 9.00 Å². The molecule has 12 heavy (non-hydrogen) atoms. The highest BCUT2D eigenvalue weighted by Gasteiger charge is 2.23. The number of carbonyl (C=O) groups excluding carboxylic acids is 1. The first-order valence-corrected chi connectivity index (χ1v) is 5.44. The van der Waals surface area contributed by atoms with E-state index >= 15 is 0 Å². The average molecular weight is 185 g/mol. The Labute approximate surface area is 69.4 Å². The van der Waals surface area contributed by atoms with Crippen LogP contribution in [0.3, 0.4) is 0 Å². The fourth-order valence-electron chi connectivity index (χ4n) is 1.13. The fourth-order valence-corrected chi connectivity index (χ4v) is 2.39. The van der Waals surface area contributed by atoms with Gasteiger partial charge in [0.2, 0.25) is 0 Å². The average Bonchev–Trinajstić information content (AvgIpc) is 2.31. The van der Waals surface area contributed by atoms with Crippen LogP contribution in [0, 0.1) is 0 Å². The first-order valence-electron chi connectivity index (χ1n) is 3.35. The Morgan fingerprint density at radius 1 is 1.67 bits per heavy atom. The van der Waals surface area contributed by atoms with Crippen molar-refractivity contribution in [1.82, 2.24) is 9.97 Å². The van der Waals surface area contributed by atoms with E-state index < -0.39 is 15.6 Å². The first kappa shape index (κ1) is 7.48. The number of aromatic nitrogens is 2. The monoisotopic (exact) mass is 185 g/mol. The molecule has 1 aromatic rings. The van der Waals surface area contributed by atoms with Crippen LogP contribution in [0.4, 0.5) is 0 Å². The van der Waals surface area contributed by atoms with Crippen LogP contribution in [0.5, 0.6) is 0 Å². The lowest BCUT2D eigenvalue weighted by Gasteiger charge is -2.07. The van der Waals surface area contributed by atoms with Gasteiger partial charge in [0.25, 0.3) is 0 Å². The molecule has 0 bridgehead atoms. The van der Waals surface area contributed by atoms with Crippen molar-refractivity contribution in [3.05, 3.63) is 17.7 Å². The maximum absolute atomic E-state index is 11.4. The van der Waals surface area contributed by atoms with Crippen LogP contribution in [-0.4, -0.2) is 26.3 Å². The fraction of sp³-hybridized carbons (Fsp3) is 0.333. The number of imidazole rings is 1. The van der Waals surface area contributed by atoms with Crippen LogP contribution in [0.1, 0.15) is 16.2 Å². The van der Waals surface area contributed by atoms with E-state index in [-0.39, 0.29) is 5.75 Å². The standard InChI is InChI=1S/C6H7N3O2S/c1-12(11)2-4-5(6(10)9-12)8-3-7-4/h3H,2H2,1H3,(H,7,8). The zero-order chi connectivity index (χ0) is 8.77. The number of nitrogens with zero attached hydrogens (tertiary/aromatic N) is 2. The summed E-state index contributed by atoms with van der Waals surface area (Å²) < 4.78 is 15.0. The normalized spacial score (nSPS) is 27.9. The van der Waals surface area contributed by atoms with Gasteiger partial charge in [0, 0.05) is 6.26 Å². The number of nitrogens with one attached hydrogen (secondary N) is 1. The molecule has 1 aliphatic heterocycles. The van der Waals surface area contributed by atoms with Crippen molar-refractivity contribution in [2.45, 2.75) is 5.75 Å². The van der Waals surface area contributed by atoms with Gasteiger partial charge >= 0.3 is 5.91 Å². The maximum Gasteiger partial charge on any atom is 0.305 e. The molecule has 1 aromatic heterocycles. The van der Waals surface area contributed by atoms with Crippen LogP contribution < -0.4 is 0 Å². The second-order valence-electron chi connectivity index (χ2n) is 2.73. The minimum atomic E-state index is -2.36. The lowest BCUT2D eigenvalue weighted by atomic mass is 10.3. The van der Waals surface area contributed by atoms with Gasteiger partial charge in [-0.25, -0.2) is 9.19 Å². The molecule has 6 heteroatoms. The van der Waals surface area contributed by atoms with Crippen molar-refractivity contribution in [3.63, 3.8) is 0 Å². The summed E-state index contributed by atoms with van der Waals surface area (Å²) in [4.78, 5) is 17.7. The van der Waals surface area contributed by atoms with Crippen LogP contribution >= 0.6 is 0 Å². The van der Waals surface area contributed by atoms with Crippen molar-refractivity contribution >= 4 is 15.6 Å². The number of carbonyl (C=O) groups is 1. The molecule has 2 rings (SSSR count). The van der Waals surface area contributed by atoms with E-state index in [1.54, 1.807) is 0 Å². The Kier molecular flexibility index (Phi) is 1.35. The topological polar surface area (TPSA) is 75.2 Å². The molecule has 1 amide bonds.